The Bertz CT molecular complexity index is 519. The second-order valence-corrected chi connectivity index (χ2v) is 7.72. The first-order valence-corrected chi connectivity index (χ1v) is 8.64. The average Bonchev–Trinajstić information content (AvgIpc) is 2.96. The van der Waals surface area contributed by atoms with Gasteiger partial charge < -0.3 is 15.2 Å². The number of hydrogen-bond donors (Lipinski definition) is 1. The summed E-state index contributed by atoms with van der Waals surface area (Å²) in [5, 5.41) is 4.01. The van der Waals surface area contributed by atoms with E-state index in [-0.39, 0.29) is 17.4 Å². The van der Waals surface area contributed by atoms with Crippen LogP contribution in [0, 0.1) is 5.92 Å². The fraction of sp³-hybridized carbons (Fsp3) is 0.824. The molecule has 0 bridgehead atoms. The summed E-state index contributed by atoms with van der Waals surface area (Å²) in [6, 6.07) is 0.153. The van der Waals surface area contributed by atoms with E-state index in [1.807, 2.05) is 11.8 Å². The maximum Gasteiger partial charge on any atom is 0.226 e. The van der Waals surface area contributed by atoms with Gasteiger partial charge in [-0.15, -0.1) is 0 Å². The van der Waals surface area contributed by atoms with E-state index in [0.29, 0.717) is 24.7 Å². The highest BCUT2D eigenvalue weighted by Crippen LogP contribution is 2.21. The highest BCUT2D eigenvalue weighted by Gasteiger charge is 2.25. The van der Waals surface area contributed by atoms with Crippen LogP contribution in [0.25, 0.3) is 0 Å². The largest absolute Gasteiger partial charge is 0.342 e. The van der Waals surface area contributed by atoms with Gasteiger partial charge in [0.05, 0.1) is 0 Å². The molecule has 2 unspecified atom stereocenters. The Hall–Kier alpha value is -1.43. The van der Waals surface area contributed by atoms with Gasteiger partial charge in [-0.05, 0) is 32.1 Å². The lowest BCUT2D eigenvalue weighted by molar-refractivity contribution is -0.133. The van der Waals surface area contributed by atoms with E-state index in [9.17, 15) is 4.79 Å². The minimum atomic E-state index is -0.112. The average molecular weight is 322 g/mol. The lowest BCUT2D eigenvalue weighted by Crippen LogP contribution is -2.45. The first-order chi connectivity index (χ1) is 10.8. The van der Waals surface area contributed by atoms with E-state index in [2.05, 4.69) is 30.9 Å². The number of aromatic nitrogens is 2. The van der Waals surface area contributed by atoms with Crippen molar-refractivity contribution >= 4 is 5.91 Å². The molecule has 1 amide bonds. The number of likely N-dealkylation sites (tertiary alicyclic amines) is 1. The smallest absolute Gasteiger partial charge is 0.226 e. The Labute approximate surface area is 138 Å². The zero-order valence-corrected chi connectivity index (χ0v) is 14.8. The van der Waals surface area contributed by atoms with Gasteiger partial charge in [0, 0.05) is 37.4 Å². The topological polar surface area (TPSA) is 85.2 Å². The highest BCUT2D eigenvalue weighted by atomic mass is 16.5. The minimum absolute atomic E-state index is 0.112. The summed E-state index contributed by atoms with van der Waals surface area (Å²) in [5.74, 6) is 1.98. The molecule has 1 fully saturated rings. The van der Waals surface area contributed by atoms with Crippen molar-refractivity contribution < 1.29 is 9.32 Å². The van der Waals surface area contributed by atoms with E-state index in [1.165, 1.54) is 0 Å². The number of hydrogen-bond acceptors (Lipinski definition) is 5. The second kappa shape index (κ2) is 7.43. The van der Waals surface area contributed by atoms with Gasteiger partial charge in [-0.25, -0.2) is 0 Å². The molecule has 6 heteroatoms. The number of rotatable bonds is 5. The van der Waals surface area contributed by atoms with Gasteiger partial charge in [0.15, 0.2) is 5.82 Å². The van der Waals surface area contributed by atoms with E-state index < -0.39 is 0 Å². The first-order valence-electron chi connectivity index (χ1n) is 8.64. The number of aryl methyl sites for hydroxylation is 1. The van der Waals surface area contributed by atoms with Gasteiger partial charge in [-0.1, -0.05) is 25.9 Å². The van der Waals surface area contributed by atoms with Crippen LogP contribution in [0.3, 0.4) is 0 Å². The summed E-state index contributed by atoms with van der Waals surface area (Å²) in [4.78, 5) is 18.7. The molecule has 23 heavy (non-hydrogen) atoms. The van der Waals surface area contributed by atoms with Crippen LogP contribution >= 0.6 is 0 Å². The summed E-state index contributed by atoms with van der Waals surface area (Å²) in [7, 11) is 0. The Morgan fingerprint density at radius 3 is 2.83 bits per heavy atom. The number of nitrogens with zero attached hydrogens (tertiary/aromatic N) is 3. The van der Waals surface area contributed by atoms with Crippen molar-refractivity contribution in [2.24, 2.45) is 11.7 Å². The van der Waals surface area contributed by atoms with Crippen molar-refractivity contribution in [2.75, 3.05) is 13.1 Å². The molecule has 0 aliphatic carbocycles. The fourth-order valence-electron chi connectivity index (χ4n) is 2.88. The molecule has 2 heterocycles. The van der Waals surface area contributed by atoms with Crippen molar-refractivity contribution in [3.05, 3.63) is 11.7 Å². The van der Waals surface area contributed by atoms with Crippen LogP contribution in [0.1, 0.15) is 65.1 Å². The van der Waals surface area contributed by atoms with Crippen LogP contribution < -0.4 is 5.73 Å². The molecular formula is C17H30N4O2. The number of carbonyl (C=O) groups excluding carboxylic acids is 1. The van der Waals surface area contributed by atoms with Gasteiger partial charge in [0.2, 0.25) is 11.8 Å². The number of nitrogens with two attached hydrogens (primary N) is 1. The fourth-order valence-corrected chi connectivity index (χ4v) is 2.88. The lowest BCUT2D eigenvalue weighted by atomic mass is 9.92. The van der Waals surface area contributed by atoms with Gasteiger partial charge in [-0.3, -0.25) is 4.79 Å². The molecule has 0 aromatic carbocycles. The molecule has 1 saturated heterocycles. The van der Waals surface area contributed by atoms with Crippen LogP contribution in [0.5, 0.6) is 0 Å². The Morgan fingerprint density at radius 2 is 2.22 bits per heavy atom. The van der Waals surface area contributed by atoms with Gasteiger partial charge >= 0.3 is 0 Å². The Balaban J connectivity index is 1.77. The Kier molecular flexibility index (Phi) is 5.79. The molecule has 1 aromatic rings. The highest BCUT2D eigenvalue weighted by molar-refractivity contribution is 5.76. The molecule has 6 nitrogen and oxygen atoms in total. The zero-order chi connectivity index (χ0) is 17.0. The molecule has 130 valence electrons. The summed E-state index contributed by atoms with van der Waals surface area (Å²) in [6.07, 6.45) is 4.10. The van der Waals surface area contributed by atoms with Crippen LogP contribution in [0.4, 0.5) is 0 Å². The van der Waals surface area contributed by atoms with Crippen LogP contribution in [-0.4, -0.2) is 40.1 Å². The van der Waals surface area contributed by atoms with Crippen molar-refractivity contribution in [3.63, 3.8) is 0 Å². The molecule has 1 aromatic heterocycles. The molecule has 0 spiro atoms. The molecule has 1 aliphatic heterocycles. The van der Waals surface area contributed by atoms with Crippen LogP contribution in [0.15, 0.2) is 4.52 Å². The summed E-state index contributed by atoms with van der Waals surface area (Å²) in [5.41, 5.74) is 5.87. The van der Waals surface area contributed by atoms with Gasteiger partial charge in [0.1, 0.15) is 0 Å². The van der Waals surface area contributed by atoms with Crippen LogP contribution in [0.2, 0.25) is 0 Å². The third-order valence-corrected chi connectivity index (χ3v) is 4.47. The predicted molar refractivity (Wildman–Crippen MR) is 88.9 cm³/mol. The standard InChI is InChI=1S/C17H30N4O2/c1-12(18)13-7-6-10-21(11-13)15(22)9-5-8-14-19-16(20-23-14)17(2,3)4/h12-13H,5-11,18H2,1-4H3. The van der Waals surface area contributed by atoms with E-state index in [1.54, 1.807) is 0 Å². The normalized spacial score (nSPS) is 20.6. The SMILES string of the molecule is CC(N)C1CCCN(C(=O)CCCc2nc(C(C)(C)C)no2)C1. The number of carbonyl (C=O) groups is 1. The third kappa shape index (κ3) is 5.03. The molecule has 2 N–H and O–H groups in total. The number of piperidine rings is 1. The molecule has 0 radical (unpaired) electrons. The summed E-state index contributed by atoms with van der Waals surface area (Å²) in [6.45, 7) is 9.84. The first kappa shape index (κ1) is 17.9. The van der Waals surface area contributed by atoms with E-state index >= 15 is 0 Å². The zero-order valence-electron chi connectivity index (χ0n) is 14.8. The van der Waals surface area contributed by atoms with Crippen molar-refractivity contribution in [1.82, 2.24) is 15.0 Å². The van der Waals surface area contributed by atoms with Gasteiger partial charge in [0.25, 0.3) is 0 Å². The second-order valence-electron chi connectivity index (χ2n) is 7.72. The Morgan fingerprint density at radius 1 is 1.48 bits per heavy atom. The molecule has 1 aliphatic rings. The molecule has 0 saturated carbocycles. The molecule has 2 rings (SSSR count). The molecule has 2 atom stereocenters. The maximum absolute atomic E-state index is 12.3. The quantitative estimate of drug-likeness (QED) is 0.899. The van der Waals surface area contributed by atoms with Crippen molar-refractivity contribution in [2.45, 2.75) is 71.3 Å². The lowest BCUT2D eigenvalue weighted by Gasteiger charge is -2.34. The van der Waals surface area contributed by atoms with Gasteiger partial charge in [-0.2, -0.15) is 4.98 Å². The predicted octanol–water partition coefficient (Wildman–Crippen LogP) is 2.28. The minimum Gasteiger partial charge on any atom is -0.342 e. The third-order valence-electron chi connectivity index (χ3n) is 4.47. The van der Waals surface area contributed by atoms with E-state index in [4.69, 9.17) is 10.3 Å². The summed E-state index contributed by atoms with van der Waals surface area (Å²) < 4.78 is 5.26. The van der Waals surface area contributed by atoms with Crippen molar-refractivity contribution in [3.8, 4) is 0 Å². The summed E-state index contributed by atoms with van der Waals surface area (Å²) >= 11 is 0. The molecular weight excluding hydrogens is 292 g/mol. The number of amides is 1. The maximum atomic E-state index is 12.3. The van der Waals surface area contributed by atoms with E-state index in [0.717, 1.165) is 38.2 Å². The van der Waals surface area contributed by atoms with Crippen molar-refractivity contribution in [1.29, 1.82) is 0 Å². The van der Waals surface area contributed by atoms with Crippen LogP contribution in [-0.2, 0) is 16.6 Å². The monoisotopic (exact) mass is 322 g/mol.